The molecule has 4 nitrogen and oxygen atoms in total. The summed E-state index contributed by atoms with van der Waals surface area (Å²) in [6.45, 7) is 4.42. The number of halogens is 1. The maximum atomic E-state index is 11.3. The van der Waals surface area contributed by atoms with Crippen LogP contribution in [0.2, 0.25) is 0 Å². The van der Waals surface area contributed by atoms with Gasteiger partial charge < -0.3 is 15.3 Å². The van der Waals surface area contributed by atoms with Crippen molar-refractivity contribution in [1.82, 2.24) is 9.97 Å². The summed E-state index contributed by atoms with van der Waals surface area (Å²) in [7, 11) is 0. The van der Waals surface area contributed by atoms with E-state index in [1.165, 1.54) is 25.7 Å². The summed E-state index contributed by atoms with van der Waals surface area (Å²) in [6.07, 6.45) is 6.29. The van der Waals surface area contributed by atoms with Crippen molar-refractivity contribution in [2.24, 2.45) is 0 Å². The molecule has 0 spiro atoms. The monoisotopic (exact) mass is 339 g/mol. The van der Waals surface area contributed by atoms with Gasteiger partial charge in [-0.05, 0) is 41.4 Å². The molecule has 1 atom stereocenters. The normalized spacial score (nSPS) is 12.8. The summed E-state index contributed by atoms with van der Waals surface area (Å²) in [5, 5.41) is 3.51. The molecular formula is C15H22BrN3O. The van der Waals surface area contributed by atoms with Gasteiger partial charge in [-0.2, -0.15) is 0 Å². The second-order valence-electron chi connectivity index (χ2n) is 5.35. The number of unbranched alkanes of at least 4 members (excludes halogenated alkanes) is 3. The molecule has 0 radical (unpaired) electrons. The maximum absolute atomic E-state index is 11.3. The molecule has 1 aromatic heterocycles. The van der Waals surface area contributed by atoms with Gasteiger partial charge in [-0.15, -0.1) is 0 Å². The number of aromatic amines is 2. The van der Waals surface area contributed by atoms with Gasteiger partial charge in [-0.3, -0.25) is 0 Å². The van der Waals surface area contributed by atoms with Crippen LogP contribution in [-0.4, -0.2) is 16.0 Å². The van der Waals surface area contributed by atoms with Crippen molar-refractivity contribution in [3.8, 4) is 0 Å². The minimum absolute atomic E-state index is 0.170. The minimum Gasteiger partial charge on any atom is -0.382 e. The second kappa shape index (κ2) is 6.97. The van der Waals surface area contributed by atoms with Crippen LogP contribution >= 0.6 is 15.9 Å². The molecule has 5 heteroatoms. The lowest BCUT2D eigenvalue weighted by Crippen LogP contribution is -2.15. The first-order valence-corrected chi connectivity index (χ1v) is 8.07. The van der Waals surface area contributed by atoms with Crippen molar-refractivity contribution in [3.63, 3.8) is 0 Å². The van der Waals surface area contributed by atoms with E-state index < -0.39 is 0 Å². The maximum Gasteiger partial charge on any atom is 0.323 e. The van der Waals surface area contributed by atoms with E-state index in [0.717, 1.165) is 27.6 Å². The van der Waals surface area contributed by atoms with E-state index >= 15 is 0 Å². The number of H-pyrrole nitrogens is 2. The zero-order chi connectivity index (χ0) is 14.5. The van der Waals surface area contributed by atoms with Crippen molar-refractivity contribution >= 4 is 32.7 Å². The summed E-state index contributed by atoms with van der Waals surface area (Å²) < 4.78 is 0.973. The third kappa shape index (κ3) is 3.88. The fourth-order valence-electron chi connectivity index (χ4n) is 2.38. The van der Waals surface area contributed by atoms with Gasteiger partial charge in [-0.1, -0.05) is 32.6 Å². The van der Waals surface area contributed by atoms with Crippen LogP contribution in [-0.2, 0) is 0 Å². The molecule has 0 fully saturated rings. The lowest BCUT2D eigenvalue weighted by atomic mass is 10.1. The first kappa shape index (κ1) is 15.2. The average Bonchev–Trinajstić information content (AvgIpc) is 2.74. The number of imidazole rings is 1. The SMILES string of the molecule is CCCCCCC(C)Nc1cc2[nH]c(=O)[nH]c2cc1Br. The number of aromatic nitrogens is 2. The molecule has 1 unspecified atom stereocenters. The molecular weight excluding hydrogens is 318 g/mol. The molecule has 0 saturated heterocycles. The molecule has 2 rings (SSSR count). The summed E-state index contributed by atoms with van der Waals surface area (Å²) in [6, 6.07) is 4.32. The number of anilines is 1. The minimum atomic E-state index is -0.170. The molecule has 1 heterocycles. The Bertz CT molecular complexity index is 617. The Morgan fingerprint density at radius 3 is 2.60 bits per heavy atom. The van der Waals surface area contributed by atoms with E-state index in [1.807, 2.05) is 12.1 Å². The third-order valence-electron chi connectivity index (χ3n) is 3.50. The van der Waals surface area contributed by atoms with Gasteiger partial charge >= 0.3 is 5.69 Å². The van der Waals surface area contributed by atoms with Crippen LogP contribution in [0.5, 0.6) is 0 Å². The van der Waals surface area contributed by atoms with Crippen molar-refractivity contribution in [1.29, 1.82) is 0 Å². The van der Waals surface area contributed by atoms with E-state index in [9.17, 15) is 4.79 Å². The van der Waals surface area contributed by atoms with Gasteiger partial charge in [-0.25, -0.2) is 4.79 Å². The van der Waals surface area contributed by atoms with Crippen molar-refractivity contribution in [2.75, 3.05) is 5.32 Å². The molecule has 0 aliphatic heterocycles. The highest BCUT2D eigenvalue weighted by Gasteiger charge is 2.08. The standard InChI is InChI=1S/C15H22BrN3O/c1-3-4-5-6-7-10(2)17-12-9-14-13(8-11(12)16)18-15(20)19-14/h8-10,17H,3-7H2,1-2H3,(H2,18,19,20). The lowest BCUT2D eigenvalue weighted by Gasteiger charge is -2.16. The molecule has 3 N–H and O–H groups in total. The lowest BCUT2D eigenvalue weighted by molar-refractivity contribution is 0.594. The van der Waals surface area contributed by atoms with Crippen LogP contribution in [0.1, 0.15) is 46.0 Å². The van der Waals surface area contributed by atoms with E-state index in [1.54, 1.807) is 0 Å². The summed E-state index contributed by atoms with van der Waals surface area (Å²) in [4.78, 5) is 16.8. The van der Waals surface area contributed by atoms with E-state index in [-0.39, 0.29) is 5.69 Å². The van der Waals surface area contributed by atoms with Crippen LogP contribution in [0.15, 0.2) is 21.4 Å². The Balaban J connectivity index is 2.01. The predicted molar refractivity (Wildman–Crippen MR) is 88.5 cm³/mol. The van der Waals surface area contributed by atoms with Gasteiger partial charge in [0.1, 0.15) is 0 Å². The molecule has 1 aromatic carbocycles. The number of nitrogens with one attached hydrogen (secondary N) is 3. The molecule has 0 aliphatic rings. The van der Waals surface area contributed by atoms with Gasteiger partial charge in [0.15, 0.2) is 0 Å². The Morgan fingerprint density at radius 2 is 1.90 bits per heavy atom. The Labute approximate surface area is 127 Å². The zero-order valence-electron chi connectivity index (χ0n) is 12.1. The summed E-state index contributed by atoms with van der Waals surface area (Å²) >= 11 is 3.55. The highest BCUT2D eigenvalue weighted by Crippen LogP contribution is 2.27. The number of benzene rings is 1. The first-order valence-electron chi connectivity index (χ1n) is 7.28. The van der Waals surface area contributed by atoms with Gasteiger partial charge in [0, 0.05) is 10.5 Å². The molecule has 20 heavy (non-hydrogen) atoms. The quantitative estimate of drug-likeness (QED) is 0.655. The highest BCUT2D eigenvalue weighted by molar-refractivity contribution is 9.10. The van der Waals surface area contributed by atoms with Gasteiger partial charge in [0.2, 0.25) is 0 Å². The van der Waals surface area contributed by atoms with Gasteiger partial charge in [0.25, 0.3) is 0 Å². The molecule has 0 aliphatic carbocycles. The zero-order valence-corrected chi connectivity index (χ0v) is 13.6. The highest BCUT2D eigenvalue weighted by atomic mass is 79.9. The number of fused-ring (bicyclic) bond motifs is 1. The Morgan fingerprint density at radius 1 is 1.20 bits per heavy atom. The topological polar surface area (TPSA) is 60.7 Å². The largest absolute Gasteiger partial charge is 0.382 e. The third-order valence-corrected chi connectivity index (χ3v) is 4.15. The van der Waals surface area contributed by atoms with E-state index in [0.29, 0.717) is 6.04 Å². The fraction of sp³-hybridized carbons (Fsp3) is 0.533. The summed E-state index contributed by atoms with van der Waals surface area (Å²) in [5.41, 5.74) is 2.51. The first-order chi connectivity index (χ1) is 9.60. The van der Waals surface area contributed by atoms with Crippen molar-refractivity contribution in [2.45, 2.75) is 52.0 Å². The van der Waals surface area contributed by atoms with Crippen LogP contribution < -0.4 is 11.0 Å². The second-order valence-corrected chi connectivity index (χ2v) is 6.21. The Hall–Kier alpha value is -1.23. The molecule has 0 bridgehead atoms. The molecule has 0 amide bonds. The molecule has 2 aromatic rings. The van der Waals surface area contributed by atoms with Crippen LogP contribution in [0.4, 0.5) is 5.69 Å². The van der Waals surface area contributed by atoms with E-state index in [2.05, 4.69) is 45.1 Å². The molecule has 110 valence electrons. The van der Waals surface area contributed by atoms with Crippen LogP contribution in [0, 0.1) is 0 Å². The van der Waals surface area contributed by atoms with Crippen molar-refractivity contribution < 1.29 is 0 Å². The predicted octanol–water partition coefficient (Wildman–Crippen LogP) is 4.39. The average molecular weight is 340 g/mol. The van der Waals surface area contributed by atoms with Gasteiger partial charge in [0.05, 0.1) is 16.7 Å². The van der Waals surface area contributed by atoms with Crippen LogP contribution in [0.25, 0.3) is 11.0 Å². The molecule has 0 saturated carbocycles. The van der Waals surface area contributed by atoms with Crippen molar-refractivity contribution in [3.05, 3.63) is 27.1 Å². The van der Waals surface area contributed by atoms with Crippen LogP contribution in [0.3, 0.4) is 0 Å². The number of hydrogen-bond donors (Lipinski definition) is 3. The van der Waals surface area contributed by atoms with E-state index in [4.69, 9.17) is 0 Å². The summed E-state index contributed by atoms with van der Waals surface area (Å²) in [5.74, 6) is 0. The number of rotatable bonds is 7. The fourth-order valence-corrected chi connectivity index (χ4v) is 2.84. The smallest absolute Gasteiger partial charge is 0.323 e. The Kier molecular flexibility index (Phi) is 5.29. The number of hydrogen-bond acceptors (Lipinski definition) is 2.